The molecule has 0 unspecified atom stereocenters. The van der Waals surface area contributed by atoms with Crippen LogP contribution in [0.15, 0.2) is 24.3 Å². The van der Waals surface area contributed by atoms with Gasteiger partial charge in [0.15, 0.2) is 5.78 Å². The van der Waals surface area contributed by atoms with Crippen molar-refractivity contribution in [1.82, 2.24) is 0 Å². The van der Waals surface area contributed by atoms with Gasteiger partial charge in [-0.25, -0.2) is 4.79 Å². The molecule has 1 rings (SSSR count). The van der Waals surface area contributed by atoms with E-state index >= 15 is 0 Å². The van der Waals surface area contributed by atoms with Crippen molar-refractivity contribution >= 4 is 11.8 Å². The molecule has 0 amide bonds. The average Bonchev–Trinajstić information content (AvgIpc) is 2.04. The summed E-state index contributed by atoms with van der Waals surface area (Å²) in [7, 11) is 0. The number of hydrogen-bond acceptors (Lipinski definition) is 2. The highest BCUT2D eigenvalue weighted by molar-refractivity contribution is 5.97. The van der Waals surface area contributed by atoms with Crippen LogP contribution in [0.5, 0.6) is 0 Å². The molecule has 3 nitrogen and oxygen atoms in total. The Hall–Kier alpha value is -1.64. The quantitative estimate of drug-likeness (QED) is 0.710. The number of carbonyl (C=O) groups excluding carboxylic acids is 1. The zero-order valence-electron chi connectivity index (χ0n) is 6.57. The molecule has 0 saturated heterocycles. The van der Waals surface area contributed by atoms with Gasteiger partial charge in [0.2, 0.25) is 0 Å². The molecule has 0 fully saturated rings. The van der Waals surface area contributed by atoms with Gasteiger partial charge in [0.1, 0.15) is 0 Å². The third kappa shape index (κ3) is 2.71. The van der Waals surface area contributed by atoms with Crippen LogP contribution in [0.25, 0.3) is 0 Å². The average molecular weight is 180 g/mol. The van der Waals surface area contributed by atoms with Gasteiger partial charge in [0, 0.05) is 5.56 Å². The molecule has 0 aliphatic rings. The zero-order chi connectivity index (χ0) is 9.14. The molecule has 0 aliphatic heterocycles. The molecular formula is C10H12O3. The van der Waals surface area contributed by atoms with Gasteiger partial charge in [-0.2, -0.15) is 0 Å². The van der Waals surface area contributed by atoms with Gasteiger partial charge >= 0.3 is 5.97 Å². The Morgan fingerprint density at radius 3 is 2.23 bits per heavy atom. The van der Waals surface area contributed by atoms with Crippen LogP contribution < -0.4 is 0 Å². The monoisotopic (exact) mass is 180 g/mol. The summed E-state index contributed by atoms with van der Waals surface area (Å²) in [6.45, 7) is 1.40. The Kier molecular flexibility index (Phi) is 3.85. The summed E-state index contributed by atoms with van der Waals surface area (Å²) in [5.41, 5.74) is 0.567. The molecule has 70 valence electrons. The third-order valence-corrected chi connectivity index (χ3v) is 1.52. The summed E-state index contributed by atoms with van der Waals surface area (Å²) < 4.78 is 0. The molecule has 0 bridgehead atoms. The van der Waals surface area contributed by atoms with Crippen molar-refractivity contribution in [2.75, 3.05) is 0 Å². The van der Waals surface area contributed by atoms with Crippen LogP contribution in [0.4, 0.5) is 0 Å². The van der Waals surface area contributed by atoms with Crippen LogP contribution in [0.1, 0.15) is 35.1 Å². The van der Waals surface area contributed by atoms with Crippen molar-refractivity contribution < 1.29 is 14.7 Å². The van der Waals surface area contributed by atoms with Crippen LogP contribution in [-0.2, 0) is 0 Å². The number of hydrogen-bond donors (Lipinski definition) is 1. The Bertz CT molecular complexity index is 299. The molecule has 0 spiro atoms. The lowest BCUT2D eigenvalue weighted by molar-refractivity contribution is 0.0697. The van der Waals surface area contributed by atoms with Crippen LogP contribution in [0, 0.1) is 0 Å². The Morgan fingerprint density at radius 2 is 1.77 bits per heavy atom. The van der Waals surface area contributed by atoms with E-state index in [2.05, 4.69) is 0 Å². The van der Waals surface area contributed by atoms with E-state index in [1.165, 1.54) is 19.1 Å². The number of carbonyl (C=O) groups is 2. The predicted molar refractivity (Wildman–Crippen MR) is 50.1 cm³/mol. The highest BCUT2D eigenvalue weighted by Crippen LogP contribution is 2.05. The van der Waals surface area contributed by atoms with Crippen molar-refractivity contribution in [3.63, 3.8) is 0 Å². The molecular weight excluding hydrogens is 168 g/mol. The molecule has 0 saturated carbocycles. The second kappa shape index (κ2) is 4.40. The van der Waals surface area contributed by atoms with Crippen molar-refractivity contribution in [3.8, 4) is 0 Å². The van der Waals surface area contributed by atoms with Crippen LogP contribution >= 0.6 is 0 Å². The van der Waals surface area contributed by atoms with Crippen molar-refractivity contribution in [2.45, 2.75) is 14.4 Å². The Morgan fingerprint density at radius 1 is 1.23 bits per heavy atom. The van der Waals surface area contributed by atoms with Crippen molar-refractivity contribution in [2.24, 2.45) is 0 Å². The van der Waals surface area contributed by atoms with E-state index in [4.69, 9.17) is 5.11 Å². The summed E-state index contributed by atoms with van der Waals surface area (Å²) in [4.78, 5) is 21.3. The summed E-state index contributed by atoms with van der Waals surface area (Å²) in [6.07, 6.45) is 0. The summed E-state index contributed by atoms with van der Waals surface area (Å²) in [5.74, 6) is -1.14. The fourth-order valence-corrected chi connectivity index (χ4v) is 0.871. The summed E-state index contributed by atoms with van der Waals surface area (Å²) >= 11 is 0. The maximum atomic E-state index is 10.8. The van der Waals surface area contributed by atoms with Crippen molar-refractivity contribution in [3.05, 3.63) is 35.4 Å². The minimum Gasteiger partial charge on any atom is -0.478 e. The Balaban J connectivity index is 0.00000144. The van der Waals surface area contributed by atoms with Gasteiger partial charge in [-0.1, -0.05) is 19.6 Å². The van der Waals surface area contributed by atoms with Gasteiger partial charge in [-0.15, -0.1) is 0 Å². The molecule has 13 heavy (non-hydrogen) atoms. The summed E-state index contributed by atoms with van der Waals surface area (Å²) in [5, 5.41) is 8.58. The standard InChI is InChI=1S/C9H8O3.CH4/c1-6(10)7-3-2-4-8(5-7)9(11)12;/h2-5H,1H3,(H,11,12);1H4. The van der Waals surface area contributed by atoms with Gasteiger partial charge in [0.05, 0.1) is 5.56 Å². The number of aromatic carboxylic acids is 1. The number of carboxylic acids is 1. The number of benzene rings is 1. The van der Waals surface area contributed by atoms with E-state index in [-0.39, 0.29) is 18.8 Å². The van der Waals surface area contributed by atoms with Crippen LogP contribution in [0.2, 0.25) is 0 Å². The molecule has 0 aromatic heterocycles. The Labute approximate surface area is 77.0 Å². The second-order valence-corrected chi connectivity index (χ2v) is 2.44. The SMILES string of the molecule is C.CC(=O)c1cccc(C(=O)O)c1. The first-order chi connectivity index (χ1) is 5.61. The van der Waals surface area contributed by atoms with Gasteiger partial charge in [0.25, 0.3) is 0 Å². The molecule has 1 N–H and O–H groups in total. The van der Waals surface area contributed by atoms with E-state index in [0.717, 1.165) is 0 Å². The van der Waals surface area contributed by atoms with Gasteiger partial charge in [-0.3, -0.25) is 4.79 Å². The molecule has 0 atom stereocenters. The zero-order valence-corrected chi connectivity index (χ0v) is 6.57. The number of rotatable bonds is 2. The minimum atomic E-state index is -1.02. The van der Waals surface area contributed by atoms with E-state index in [9.17, 15) is 9.59 Å². The number of carboxylic acid groups (broad SMARTS) is 1. The van der Waals surface area contributed by atoms with E-state index < -0.39 is 5.97 Å². The van der Waals surface area contributed by atoms with Crippen LogP contribution in [0.3, 0.4) is 0 Å². The normalized spacial score (nSPS) is 8.69. The molecule has 0 radical (unpaired) electrons. The lowest BCUT2D eigenvalue weighted by Gasteiger charge is -1.96. The fraction of sp³-hybridized carbons (Fsp3) is 0.200. The number of ketones is 1. The van der Waals surface area contributed by atoms with Gasteiger partial charge in [-0.05, 0) is 19.1 Å². The minimum absolute atomic E-state index is 0. The van der Waals surface area contributed by atoms with E-state index in [1.807, 2.05) is 0 Å². The first-order valence-corrected chi connectivity index (χ1v) is 3.45. The molecule has 1 aromatic rings. The maximum Gasteiger partial charge on any atom is 0.335 e. The molecule has 0 heterocycles. The predicted octanol–water partition coefficient (Wildman–Crippen LogP) is 2.22. The molecule has 1 aromatic carbocycles. The third-order valence-electron chi connectivity index (χ3n) is 1.52. The first-order valence-electron chi connectivity index (χ1n) is 3.45. The highest BCUT2D eigenvalue weighted by atomic mass is 16.4. The largest absolute Gasteiger partial charge is 0.478 e. The lowest BCUT2D eigenvalue weighted by Crippen LogP contribution is -1.99. The number of Topliss-reactive ketones (excluding diaryl/α,β-unsaturated/α-hetero) is 1. The first kappa shape index (κ1) is 11.4. The fourth-order valence-electron chi connectivity index (χ4n) is 0.871. The maximum absolute atomic E-state index is 10.8. The highest BCUT2D eigenvalue weighted by Gasteiger charge is 2.04. The topological polar surface area (TPSA) is 54.4 Å². The van der Waals surface area contributed by atoms with E-state index in [1.54, 1.807) is 12.1 Å². The smallest absolute Gasteiger partial charge is 0.335 e. The van der Waals surface area contributed by atoms with E-state index in [0.29, 0.717) is 5.56 Å². The van der Waals surface area contributed by atoms with Gasteiger partial charge < -0.3 is 5.11 Å². The van der Waals surface area contributed by atoms with Crippen molar-refractivity contribution in [1.29, 1.82) is 0 Å². The molecule has 3 heteroatoms. The summed E-state index contributed by atoms with van der Waals surface area (Å²) in [6, 6.07) is 5.97. The lowest BCUT2D eigenvalue weighted by atomic mass is 10.1. The second-order valence-electron chi connectivity index (χ2n) is 2.44. The van der Waals surface area contributed by atoms with Crippen LogP contribution in [-0.4, -0.2) is 16.9 Å². The molecule has 0 aliphatic carbocycles.